The van der Waals surface area contributed by atoms with Crippen molar-refractivity contribution in [2.75, 3.05) is 13.2 Å². The lowest BCUT2D eigenvalue weighted by Crippen LogP contribution is -2.31. The van der Waals surface area contributed by atoms with E-state index in [-0.39, 0.29) is 36.2 Å². The van der Waals surface area contributed by atoms with Gasteiger partial charge in [0.25, 0.3) is 5.91 Å². The van der Waals surface area contributed by atoms with Gasteiger partial charge in [0.05, 0.1) is 19.1 Å². The number of rotatable bonds is 10. The second-order valence-corrected chi connectivity index (χ2v) is 6.40. The molecule has 29 heavy (non-hydrogen) atoms. The Bertz CT molecular complexity index is 850. The smallest absolute Gasteiger partial charge is 0.306 e. The molecule has 0 aliphatic heterocycles. The van der Waals surface area contributed by atoms with E-state index in [1.807, 2.05) is 37.3 Å². The van der Waals surface area contributed by atoms with Crippen LogP contribution in [-0.4, -0.2) is 36.0 Å². The van der Waals surface area contributed by atoms with Crippen LogP contribution in [0.2, 0.25) is 0 Å². The van der Waals surface area contributed by atoms with Crippen LogP contribution in [0.5, 0.6) is 11.5 Å². The summed E-state index contributed by atoms with van der Waals surface area (Å²) in [6.07, 6.45) is -0.220. The maximum atomic E-state index is 12.2. The summed E-state index contributed by atoms with van der Waals surface area (Å²) in [7, 11) is 0. The second-order valence-electron chi connectivity index (χ2n) is 6.40. The lowest BCUT2D eigenvalue weighted by molar-refractivity contribution is -0.148. The molecule has 0 aliphatic rings. The number of carbonyl (C=O) groups excluding carboxylic acids is 3. The van der Waals surface area contributed by atoms with Gasteiger partial charge in [0.1, 0.15) is 0 Å². The van der Waals surface area contributed by atoms with E-state index in [9.17, 15) is 19.5 Å². The molecule has 7 nitrogen and oxygen atoms in total. The van der Waals surface area contributed by atoms with E-state index in [1.165, 1.54) is 18.2 Å². The number of hydrogen-bond acceptors (Lipinski definition) is 6. The summed E-state index contributed by atoms with van der Waals surface area (Å²) in [6.45, 7) is 3.54. The van der Waals surface area contributed by atoms with Crippen LogP contribution in [0.4, 0.5) is 0 Å². The van der Waals surface area contributed by atoms with Gasteiger partial charge in [-0.1, -0.05) is 30.3 Å². The Labute approximate surface area is 169 Å². The first-order chi connectivity index (χ1) is 13.9. The number of benzene rings is 2. The summed E-state index contributed by atoms with van der Waals surface area (Å²) >= 11 is 0. The van der Waals surface area contributed by atoms with Crippen molar-refractivity contribution in [3.05, 3.63) is 59.7 Å². The lowest BCUT2D eigenvalue weighted by atomic mass is 10.1. The molecular formula is C22H25NO6. The maximum Gasteiger partial charge on any atom is 0.306 e. The first-order valence-electron chi connectivity index (χ1n) is 9.39. The average Bonchev–Trinajstić information content (AvgIpc) is 2.72. The molecular weight excluding hydrogens is 374 g/mol. The highest BCUT2D eigenvalue weighted by Crippen LogP contribution is 2.27. The molecule has 0 heterocycles. The maximum absolute atomic E-state index is 12.2. The number of amides is 1. The van der Waals surface area contributed by atoms with Crippen LogP contribution in [0.15, 0.2) is 48.5 Å². The van der Waals surface area contributed by atoms with E-state index in [0.29, 0.717) is 12.2 Å². The minimum Gasteiger partial charge on any atom is -0.504 e. The predicted octanol–water partition coefficient (Wildman–Crippen LogP) is 3.17. The molecule has 2 aromatic rings. The molecule has 0 saturated heterocycles. The van der Waals surface area contributed by atoms with E-state index in [0.717, 1.165) is 5.56 Å². The van der Waals surface area contributed by atoms with Crippen molar-refractivity contribution >= 4 is 17.7 Å². The van der Waals surface area contributed by atoms with Gasteiger partial charge in [-0.25, -0.2) is 0 Å². The Morgan fingerprint density at radius 2 is 1.79 bits per heavy atom. The van der Waals surface area contributed by atoms with Gasteiger partial charge in [0.2, 0.25) is 0 Å². The van der Waals surface area contributed by atoms with Gasteiger partial charge < -0.3 is 19.9 Å². The number of ketones is 1. The molecule has 0 fully saturated rings. The van der Waals surface area contributed by atoms with Crippen LogP contribution in [0.25, 0.3) is 0 Å². The monoisotopic (exact) mass is 399 g/mol. The molecule has 0 saturated carbocycles. The molecule has 0 aromatic heterocycles. The summed E-state index contributed by atoms with van der Waals surface area (Å²) in [5.74, 6) is -1.18. The number of nitrogens with one attached hydrogen (secondary N) is 1. The summed E-state index contributed by atoms with van der Waals surface area (Å²) in [5.41, 5.74) is 1.27. The molecule has 2 rings (SSSR count). The molecule has 1 amide bonds. The molecule has 2 aromatic carbocycles. The highest BCUT2D eigenvalue weighted by Gasteiger charge is 2.15. The van der Waals surface area contributed by atoms with Gasteiger partial charge >= 0.3 is 5.97 Å². The summed E-state index contributed by atoms with van der Waals surface area (Å²) in [5, 5.41) is 12.4. The minimum absolute atomic E-state index is 0.0569. The van der Waals surface area contributed by atoms with Crippen LogP contribution in [0.3, 0.4) is 0 Å². The summed E-state index contributed by atoms with van der Waals surface area (Å²) in [6, 6.07) is 13.5. The van der Waals surface area contributed by atoms with Crippen LogP contribution in [0, 0.1) is 0 Å². The van der Waals surface area contributed by atoms with Crippen molar-refractivity contribution in [3.63, 3.8) is 0 Å². The van der Waals surface area contributed by atoms with Gasteiger partial charge in [-0.15, -0.1) is 0 Å². The van der Waals surface area contributed by atoms with E-state index in [1.54, 1.807) is 6.92 Å². The second kappa shape index (κ2) is 10.8. The number of esters is 1. The van der Waals surface area contributed by atoms with Crippen molar-refractivity contribution in [2.45, 2.75) is 32.7 Å². The van der Waals surface area contributed by atoms with Crippen molar-refractivity contribution in [3.8, 4) is 11.5 Å². The number of phenolic OH excluding ortho intramolecular Hbond substituents is 1. The molecule has 0 unspecified atom stereocenters. The zero-order valence-corrected chi connectivity index (χ0v) is 16.5. The summed E-state index contributed by atoms with van der Waals surface area (Å²) in [4.78, 5) is 36.0. The number of phenols is 1. The standard InChI is InChI=1S/C22H25NO6/c1-3-28-20-13-17(9-10-19(20)25)18(24)11-12-22(27)29-14-21(26)23-15(2)16-7-5-4-6-8-16/h4-10,13,15,25H,3,11-12,14H2,1-2H3,(H,23,26)/t15-/m0/s1. The fourth-order valence-corrected chi connectivity index (χ4v) is 2.65. The van der Waals surface area contributed by atoms with E-state index < -0.39 is 18.5 Å². The zero-order chi connectivity index (χ0) is 21.2. The molecule has 7 heteroatoms. The van der Waals surface area contributed by atoms with Crippen LogP contribution < -0.4 is 10.1 Å². The highest BCUT2D eigenvalue weighted by atomic mass is 16.5. The molecule has 0 radical (unpaired) electrons. The predicted molar refractivity (Wildman–Crippen MR) is 107 cm³/mol. The van der Waals surface area contributed by atoms with Crippen molar-refractivity contribution < 1.29 is 29.0 Å². The number of carbonyl (C=O) groups is 3. The fraction of sp³-hybridized carbons (Fsp3) is 0.318. The van der Waals surface area contributed by atoms with Gasteiger partial charge in [-0.2, -0.15) is 0 Å². The third kappa shape index (κ3) is 6.95. The molecule has 0 spiro atoms. The molecule has 0 bridgehead atoms. The van der Waals surface area contributed by atoms with Gasteiger partial charge in [0.15, 0.2) is 23.9 Å². The van der Waals surface area contributed by atoms with Crippen molar-refractivity contribution in [2.24, 2.45) is 0 Å². The Morgan fingerprint density at radius 3 is 2.48 bits per heavy atom. The third-order valence-electron chi connectivity index (χ3n) is 4.18. The summed E-state index contributed by atoms with van der Waals surface area (Å²) < 4.78 is 10.2. The van der Waals surface area contributed by atoms with Crippen molar-refractivity contribution in [1.82, 2.24) is 5.32 Å². The van der Waals surface area contributed by atoms with E-state index in [2.05, 4.69) is 5.32 Å². The number of Topliss-reactive ketones (excluding diaryl/α,β-unsaturated/α-hetero) is 1. The Balaban J connectivity index is 1.76. The normalized spacial score (nSPS) is 11.4. The molecule has 2 N–H and O–H groups in total. The lowest BCUT2D eigenvalue weighted by Gasteiger charge is -2.14. The molecule has 154 valence electrons. The van der Waals surface area contributed by atoms with Gasteiger partial charge in [0, 0.05) is 12.0 Å². The quantitative estimate of drug-likeness (QED) is 0.470. The van der Waals surface area contributed by atoms with Gasteiger partial charge in [-0.3, -0.25) is 14.4 Å². The average molecular weight is 399 g/mol. The topological polar surface area (TPSA) is 102 Å². The fourth-order valence-electron chi connectivity index (χ4n) is 2.65. The first kappa shape index (κ1) is 21.9. The Hall–Kier alpha value is -3.35. The number of hydrogen-bond donors (Lipinski definition) is 2. The van der Waals surface area contributed by atoms with Crippen molar-refractivity contribution in [1.29, 1.82) is 0 Å². The Morgan fingerprint density at radius 1 is 1.07 bits per heavy atom. The van der Waals surface area contributed by atoms with Crippen LogP contribution in [0.1, 0.15) is 48.7 Å². The number of ether oxygens (including phenoxy) is 2. The minimum atomic E-state index is -0.635. The third-order valence-corrected chi connectivity index (χ3v) is 4.18. The SMILES string of the molecule is CCOc1cc(C(=O)CCC(=O)OCC(=O)N[C@@H](C)c2ccccc2)ccc1O. The zero-order valence-electron chi connectivity index (χ0n) is 16.5. The Kier molecular flexibility index (Phi) is 8.21. The van der Waals surface area contributed by atoms with Crippen LogP contribution in [-0.2, 0) is 14.3 Å². The molecule has 0 aliphatic carbocycles. The molecule has 1 atom stereocenters. The van der Waals surface area contributed by atoms with Crippen LogP contribution >= 0.6 is 0 Å². The van der Waals surface area contributed by atoms with E-state index >= 15 is 0 Å². The van der Waals surface area contributed by atoms with Gasteiger partial charge in [-0.05, 0) is 37.6 Å². The number of aromatic hydroxyl groups is 1. The first-order valence-corrected chi connectivity index (χ1v) is 9.39. The highest BCUT2D eigenvalue weighted by molar-refractivity contribution is 5.98. The van der Waals surface area contributed by atoms with E-state index in [4.69, 9.17) is 9.47 Å². The largest absolute Gasteiger partial charge is 0.504 e.